The Bertz CT molecular complexity index is 1460. The molecule has 0 radical (unpaired) electrons. The Hall–Kier alpha value is -3.57. The molecule has 34 heavy (non-hydrogen) atoms. The molecule has 0 aliphatic heterocycles. The van der Waals surface area contributed by atoms with Crippen LogP contribution in [0.4, 0.5) is 5.69 Å². The Morgan fingerprint density at radius 3 is 2.68 bits per heavy atom. The summed E-state index contributed by atoms with van der Waals surface area (Å²) in [6.45, 7) is 4.11. The van der Waals surface area contributed by atoms with Gasteiger partial charge in [0.1, 0.15) is 0 Å². The molecule has 1 aliphatic rings. The molecule has 0 fully saturated rings. The van der Waals surface area contributed by atoms with Crippen LogP contribution in [-0.4, -0.2) is 53.6 Å². The van der Waals surface area contributed by atoms with Gasteiger partial charge in [-0.05, 0) is 12.5 Å². The second kappa shape index (κ2) is 8.03. The predicted octanol–water partition coefficient (Wildman–Crippen LogP) is 3.20. The molecule has 0 saturated heterocycles. The summed E-state index contributed by atoms with van der Waals surface area (Å²) in [4.78, 5) is 34.6. The van der Waals surface area contributed by atoms with Crippen molar-refractivity contribution >= 4 is 46.4 Å². The molecule has 13 heteroatoms. The van der Waals surface area contributed by atoms with E-state index in [1.165, 1.54) is 19.5 Å². The van der Waals surface area contributed by atoms with Gasteiger partial charge in [0.15, 0.2) is 22.3 Å². The monoisotopic (exact) mass is 500 g/mol. The minimum absolute atomic E-state index is 0.0152. The molecule has 11 nitrogen and oxygen atoms in total. The number of carbonyl (C=O) groups excluding carboxylic acids is 2. The van der Waals surface area contributed by atoms with Gasteiger partial charge in [-0.25, -0.2) is 19.3 Å². The Kier molecular flexibility index (Phi) is 5.25. The zero-order valence-electron chi connectivity index (χ0n) is 18.3. The molecule has 5 rings (SSSR count). The number of methoxy groups -OCH3 is 1. The highest BCUT2D eigenvalue weighted by molar-refractivity contribution is 6.32. The Balaban J connectivity index is 1.40. The van der Waals surface area contributed by atoms with Crippen molar-refractivity contribution in [2.45, 2.75) is 31.6 Å². The van der Waals surface area contributed by atoms with E-state index in [0.717, 1.165) is 16.1 Å². The molecule has 4 aromatic heterocycles. The number of carbonyl (C=O) groups is 2. The second-order valence-corrected chi connectivity index (χ2v) is 9.26. The maximum atomic E-state index is 13.2. The molecule has 1 aliphatic carbocycles. The Morgan fingerprint density at radius 2 is 1.94 bits per heavy atom. The van der Waals surface area contributed by atoms with Crippen molar-refractivity contribution in [3.05, 3.63) is 57.9 Å². The molecule has 4 heterocycles. The zero-order chi connectivity index (χ0) is 24.2. The van der Waals surface area contributed by atoms with Crippen LogP contribution in [-0.2, 0) is 14.9 Å². The molecule has 4 aromatic rings. The van der Waals surface area contributed by atoms with Gasteiger partial charge in [0, 0.05) is 23.2 Å². The molecule has 1 N–H and O–H groups in total. The van der Waals surface area contributed by atoms with Crippen molar-refractivity contribution in [3.8, 4) is 5.82 Å². The van der Waals surface area contributed by atoms with E-state index in [2.05, 4.69) is 49.2 Å². The summed E-state index contributed by atoms with van der Waals surface area (Å²) in [7, 11) is 1.25. The maximum absolute atomic E-state index is 13.2. The first kappa shape index (κ1) is 22.2. The van der Waals surface area contributed by atoms with Crippen LogP contribution in [0.25, 0.3) is 11.5 Å². The first-order valence-corrected chi connectivity index (χ1v) is 11.0. The van der Waals surface area contributed by atoms with Crippen LogP contribution in [0.1, 0.15) is 47.9 Å². The van der Waals surface area contributed by atoms with E-state index in [0.29, 0.717) is 22.9 Å². The fourth-order valence-electron chi connectivity index (χ4n) is 4.24. The van der Waals surface area contributed by atoms with Gasteiger partial charge >= 0.3 is 5.97 Å². The Labute approximate surface area is 203 Å². The van der Waals surface area contributed by atoms with Crippen molar-refractivity contribution in [2.24, 2.45) is 0 Å². The third-order valence-corrected chi connectivity index (χ3v) is 6.16. The van der Waals surface area contributed by atoms with Crippen LogP contribution in [0, 0.1) is 0 Å². The molecule has 1 atom stereocenters. The summed E-state index contributed by atoms with van der Waals surface area (Å²) >= 11 is 12.4. The topological polar surface area (TPSA) is 129 Å². The number of anilines is 1. The summed E-state index contributed by atoms with van der Waals surface area (Å²) in [5, 5.41) is 15.7. The van der Waals surface area contributed by atoms with Crippen molar-refractivity contribution in [2.75, 3.05) is 12.4 Å². The molecule has 1 unspecified atom stereocenters. The average Bonchev–Trinajstić information content (AvgIpc) is 3.48. The molecule has 0 bridgehead atoms. The van der Waals surface area contributed by atoms with Gasteiger partial charge < -0.3 is 10.1 Å². The number of ether oxygens (including phenoxy) is 1. The largest absolute Gasteiger partial charge is 0.464 e. The average molecular weight is 501 g/mol. The van der Waals surface area contributed by atoms with Crippen molar-refractivity contribution in [1.82, 2.24) is 34.6 Å². The van der Waals surface area contributed by atoms with Crippen molar-refractivity contribution in [1.29, 1.82) is 0 Å². The maximum Gasteiger partial charge on any atom is 0.360 e. The van der Waals surface area contributed by atoms with Gasteiger partial charge in [0.25, 0.3) is 0 Å². The summed E-state index contributed by atoms with van der Waals surface area (Å²) in [5.41, 5.74) is 2.43. The minimum atomic E-state index is -0.629. The van der Waals surface area contributed by atoms with Crippen LogP contribution in [0.2, 0.25) is 10.2 Å². The highest BCUT2D eigenvalue weighted by Crippen LogP contribution is 2.46. The van der Waals surface area contributed by atoms with E-state index in [9.17, 15) is 9.59 Å². The lowest BCUT2D eigenvalue weighted by Gasteiger charge is -2.19. The molecule has 0 aromatic carbocycles. The molecular formula is C21H18Cl2N8O3. The van der Waals surface area contributed by atoms with Gasteiger partial charge in [0.2, 0.25) is 5.91 Å². The molecular weight excluding hydrogens is 483 g/mol. The van der Waals surface area contributed by atoms with Gasteiger partial charge in [0.05, 0.1) is 41.8 Å². The number of amides is 1. The molecule has 0 saturated carbocycles. The van der Waals surface area contributed by atoms with E-state index >= 15 is 0 Å². The normalized spacial score (nSPS) is 16.4. The third kappa shape index (κ3) is 3.66. The summed E-state index contributed by atoms with van der Waals surface area (Å²) < 4.78 is 6.33. The smallest absolute Gasteiger partial charge is 0.360 e. The number of nitrogens with zero attached hydrogens (tertiary/aromatic N) is 7. The predicted molar refractivity (Wildman–Crippen MR) is 123 cm³/mol. The van der Waals surface area contributed by atoms with E-state index in [-0.39, 0.29) is 27.9 Å². The number of hydrogen-bond acceptors (Lipinski definition) is 8. The quantitative estimate of drug-likeness (QED) is 0.422. The first-order valence-electron chi connectivity index (χ1n) is 10.2. The number of aromatic nitrogens is 7. The van der Waals surface area contributed by atoms with Gasteiger partial charge in [-0.15, -0.1) is 9.90 Å². The summed E-state index contributed by atoms with van der Waals surface area (Å²) in [6, 6.07) is 3.22. The highest BCUT2D eigenvalue weighted by Gasteiger charge is 2.43. The number of hydrogen-bond donors (Lipinski definition) is 1. The van der Waals surface area contributed by atoms with E-state index < -0.39 is 11.9 Å². The molecule has 1 amide bonds. The van der Waals surface area contributed by atoms with Crippen molar-refractivity contribution < 1.29 is 14.3 Å². The Morgan fingerprint density at radius 1 is 1.15 bits per heavy atom. The summed E-state index contributed by atoms with van der Waals surface area (Å²) in [6.07, 6.45) is 4.96. The van der Waals surface area contributed by atoms with Crippen LogP contribution in [0.3, 0.4) is 0 Å². The van der Waals surface area contributed by atoms with Gasteiger partial charge in [-0.1, -0.05) is 37.0 Å². The van der Waals surface area contributed by atoms with E-state index in [4.69, 9.17) is 23.2 Å². The molecule has 174 valence electrons. The van der Waals surface area contributed by atoms with Gasteiger partial charge in [-0.2, -0.15) is 10.2 Å². The van der Waals surface area contributed by atoms with Crippen molar-refractivity contribution in [3.63, 3.8) is 0 Å². The standard InChI is InChI=1S/C21H18Cl2N8O3/c1-21(2)6-11(12-8-24-16-5-15(23)29-30(16)17(12)21)19(32)27-10-4-13(22)18(25-7-10)31-26-9-14(28-31)20(33)34-3/h4-5,7-9,11H,6H2,1-3H3,(H,27,32). The number of halogens is 2. The second-order valence-electron chi connectivity index (χ2n) is 8.47. The first-order chi connectivity index (χ1) is 16.2. The fraction of sp³-hybridized carbons (Fsp3) is 0.286. The van der Waals surface area contributed by atoms with E-state index in [1.807, 2.05) is 0 Å². The van der Waals surface area contributed by atoms with Crippen LogP contribution >= 0.6 is 23.2 Å². The lowest BCUT2D eigenvalue weighted by atomic mass is 9.88. The van der Waals surface area contributed by atoms with Crippen LogP contribution in [0.5, 0.6) is 0 Å². The summed E-state index contributed by atoms with van der Waals surface area (Å²) in [5.74, 6) is -1.10. The van der Waals surface area contributed by atoms with Gasteiger partial charge in [-0.3, -0.25) is 4.79 Å². The lowest BCUT2D eigenvalue weighted by molar-refractivity contribution is -0.117. The number of esters is 1. The number of rotatable bonds is 4. The number of pyridine rings is 1. The minimum Gasteiger partial charge on any atom is -0.464 e. The van der Waals surface area contributed by atoms with E-state index in [1.54, 1.807) is 22.8 Å². The molecule has 0 spiro atoms. The number of nitrogens with one attached hydrogen (secondary N) is 1. The fourth-order valence-corrected chi connectivity index (χ4v) is 4.66. The zero-order valence-corrected chi connectivity index (χ0v) is 19.8. The number of fused-ring (bicyclic) bond motifs is 3. The highest BCUT2D eigenvalue weighted by atomic mass is 35.5. The lowest BCUT2D eigenvalue weighted by Crippen LogP contribution is -2.21. The SMILES string of the molecule is COC(=O)c1cnn(-c2ncc(NC(=O)C3CC(C)(C)c4c3cnc3cc(Cl)nn43)cc2Cl)n1. The van der Waals surface area contributed by atoms with Crippen LogP contribution in [0.15, 0.2) is 30.7 Å². The third-order valence-electron chi connectivity index (χ3n) is 5.69. The van der Waals surface area contributed by atoms with Crippen LogP contribution < -0.4 is 5.32 Å².